The number of rotatable bonds is 4. The summed E-state index contributed by atoms with van der Waals surface area (Å²) in [6.45, 7) is 3.35. The highest BCUT2D eigenvalue weighted by Gasteiger charge is 2.22. The predicted octanol–water partition coefficient (Wildman–Crippen LogP) is -0.124. The smallest absolute Gasteiger partial charge is 0.287 e. The Kier molecular flexibility index (Phi) is 3.99. The van der Waals surface area contributed by atoms with E-state index in [4.69, 9.17) is 4.42 Å². The van der Waals surface area contributed by atoms with Crippen LogP contribution in [-0.4, -0.2) is 37.0 Å². The summed E-state index contributed by atoms with van der Waals surface area (Å²) in [4.78, 5) is 23.5. The molecule has 1 aromatic rings. The second-order valence-electron chi connectivity index (χ2n) is 4.37. The summed E-state index contributed by atoms with van der Waals surface area (Å²) in [5, 5.41) is 8.64. The summed E-state index contributed by atoms with van der Waals surface area (Å²) >= 11 is 0. The summed E-state index contributed by atoms with van der Waals surface area (Å²) in [7, 11) is 0. The van der Waals surface area contributed by atoms with Gasteiger partial charge in [0.2, 0.25) is 5.91 Å². The van der Waals surface area contributed by atoms with Crippen LogP contribution in [0.25, 0.3) is 0 Å². The van der Waals surface area contributed by atoms with Gasteiger partial charge in [-0.25, -0.2) is 0 Å². The van der Waals surface area contributed by atoms with Crippen LogP contribution in [0.3, 0.4) is 0 Å². The van der Waals surface area contributed by atoms with Crippen molar-refractivity contribution in [3.05, 3.63) is 24.2 Å². The van der Waals surface area contributed by atoms with Gasteiger partial charge in [0, 0.05) is 12.6 Å². The average molecular weight is 251 g/mol. The fourth-order valence-corrected chi connectivity index (χ4v) is 1.85. The zero-order chi connectivity index (χ0) is 13.0. The highest BCUT2D eigenvalue weighted by atomic mass is 16.3. The van der Waals surface area contributed by atoms with E-state index in [1.807, 2.05) is 0 Å². The van der Waals surface area contributed by atoms with Gasteiger partial charge in [0.25, 0.3) is 5.91 Å². The Hall–Kier alpha value is -1.82. The standard InChI is InChI=1S/C12H17N3O3/c1-8(11(16)15-9-4-5-13-7-9)14-12(17)10-3-2-6-18-10/h2-3,6,8-9,13H,4-5,7H2,1H3,(H,14,17)(H,15,16). The molecule has 0 radical (unpaired) electrons. The summed E-state index contributed by atoms with van der Waals surface area (Å²) in [5.41, 5.74) is 0. The lowest BCUT2D eigenvalue weighted by Crippen LogP contribution is -2.48. The van der Waals surface area contributed by atoms with Crippen molar-refractivity contribution in [2.24, 2.45) is 0 Å². The van der Waals surface area contributed by atoms with E-state index in [1.165, 1.54) is 6.26 Å². The van der Waals surface area contributed by atoms with Gasteiger partial charge in [0.15, 0.2) is 5.76 Å². The molecule has 0 aliphatic carbocycles. The first kappa shape index (κ1) is 12.6. The van der Waals surface area contributed by atoms with Crippen LogP contribution in [0, 0.1) is 0 Å². The van der Waals surface area contributed by atoms with Crippen molar-refractivity contribution in [1.82, 2.24) is 16.0 Å². The summed E-state index contributed by atoms with van der Waals surface area (Å²) in [6.07, 6.45) is 2.34. The van der Waals surface area contributed by atoms with Crippen LogP contribution in [0.1, 0.15) is 23.9 Å². The zero-order valence-corrected chi connectivity index (χ0v) is 10.2. The lowest BCUT2D eigenvalue weighted by atomic mass is 10.2. The summed E-state index contributed by atoms with van der Waals surface area (Å²) < 4.78 is 4.96. The maximum atomic E-state index is 11.8. The minimum Gasteiger partial charge on any atom is -0.459 e. The van der Waals surface area contributed by atoms with E-state index in [-0.39, 0.29) is 23.6 Å². The number of hydrogen-bond acceptors (Lipinski definition) is 4. The molecule has 0 spiro atoms. The van der Waals surface area contributed by atoms with Crippen LogP contribution in [0.5, 0.6) is 0 Å². The Balaban J connectivity index is 1.81. The molecule has 0 bridgehead atoms. The molecule has 2 amide bonds. The predicted molar refractivity (Wildman–Crippen MR) is 65.1 cm³/mol. The molecule has 6 nitrogen and oxygen atoms in total. The molecule has 1 aliphatic heterocycles. The van der Waals surface area contributed by atoms with E-state index in [0.717, 1.165) is 19.5 Å². The van der Waals surface area contributed by atoms with Crippen LogP contribution >= 0.6 is 0 Å². The third-order valence-corrected chi connectivity index (χ3v) is 2.89. The molecule has 2 heterocycles. The largest absolute Gasteiger partial charge is 0.459 e. The van der Waals surface area contributed by atoms with Gasteiger partial charge in [-0.15, -0.1) is 0 Å². The van der Waals surface area contributed by atoms with Crippen molar-refractivity contribution in [3.63, 3.8) is 0 Å². The summed E-state index contributed by atoms with van der Waals surface area (Å²) in [5.74, 6) is -0.354. The molecule has 1 saturated heterocycles. The molecule has 98 valence electrons. The first-order valence-corrected chi connectivity index (χ1v) is 6.02. The van der Waals surface area contributed by atoms with Gasteiger partial charge >= 0.3 is 0 Å². The van der Waals surface area contributed by atoms with Gasteiger partial charge in [0.05, 0.1) is 6.26 Å². The Morgan fingerprint density at radius 3 is 3.00 bits per heavy atom. The van der Waals surface area contributed by atoms with Crippen molar-refractivity contribution in [2.75, 3.05) is 13.1 Å². The molecule has 0 saturated carbocycles. The molecule has 2 unspecified atom stereocenters. The van der Waals surface area contributed by atoms with E-state index in [1.54, 1.807) is 19.1 Å². The molecule has 3 N–H and O–H groups in total. The fourth-order valence-electron chi connectivity index (χ4n) is 1.85. The molecule has 6 heteroatoms. The quantitative estimate of drug-likeness (QED) is 0.696. The lowest BCUT2D eigenvalue weighted by molar-refractivity contribution is -0.123. The van der Waals surface area contributed by atoms with Crippen LogP contribution in [0.4, 0.5) is 0 Å². The molecular weight excluding hydrogens is 234 g/mol. The lowest BCUT2D eigenvalue weighted by Gasteiger charge is -2.16. The zero-order valence-electron chi connectivity index (χ0n) is 10.2. The Morgan fingerprint density at radius 2 is 2.39 bits per heavy atom. The first-order valence-electron chi connectivity index (χ1n) is 6.02. The minimum absolute atomic E-state index is 0.153. The Labute approximate surface area is 105 Å². The average Bonchev–Trinajstić information content (AvgIpc) is 3.01. The Morgan fingerprint density at radius 1 is 1.56 bits per heavy atom. The fraction of sp³-hybridized carbons (Fsp3) is 0.500. The molecule has 2 atom stereocenters. The van der Waals surface area contributed by atoms with Crippen molar-refractivity contribution in [3.8, 4) is 0 Å². The topological polar surface area (TPSA) is 83.4 Å². The summed E-state index contributed by atoms with van der Waals surface area (Å²) in [6, 6.07) is 2.76. The van der Waals surface area contributed by atoms with Crippen LogP contribution in [-0.2, 0) is 4.79 Å². The monoisotopic (exact) mass is 251 g/mol. The van der Waals surface area contributed by atoms with Crippen molar-refractivity contribution < 1.29 is 14.0 Å². The number of nitrogens with one attached hydrogen (secondary N) is 3. The van der Waals surface area contributed by atoms with Crippen LogP contribution < -0.4 is 16.0 Å². The molecular formula is C12H17N3O3. The highest BCUT2D eigenvalue weighted by molar-refractivity contribution is 5.95. The Bertz CT molecular complexity index is 410. The molecule has 1 aromatic heterocycles. The van der Waals surface area contributed by atoms with Crippen molar-refractivity contribution in [2.45, 2.75) is 25.4 Å². The van der Waals surface area contributed by atoms with Gasteiger partial charge < -0.3 is 20.4 Å². The molecule has 0 aromatic carbocycles. The van der Waals surface area contributed by atoms with Crippen molar-refractivity contribution >= 4 is 11.8 Å². The van der Waals surface area contributed by atoms with Gasteiger partial charge in [0.1, 0.15) is 6.04 Å². The number of hydrogen-bond donors (Lipinski definition) is 3. The maximum absolute atomic E-state index is 11.8. The SMILES string of the molecule is CC(NC(=O)c1ccco1)C(=O)NC1CCNC1. The second kappa shape index (κ2) is 5.68. The van der Waals surface area contributed by atoms with E-state index < -0.39 is 6.04 Å². The van der Waals surface area contributed by atoms with E-state index in [2.05, 4.69) is 16.0 Å². The van der Waals surface area contributed by atoms with E-state index in [9.17, 15) is 9.59 Å². The number of amides is 2. The van der Waals surface area contributed by atoms with Crippen LogP contribution in [0.15, 0.2) is 22.8 Å². The number of carbonyl (C=O) groups is 2. The van der Waals surface area contributed by atoms with Gasteiger partial charge in [-0.1, -0.05) is 0 Å². The van der Waals surface area contributed by atoms with E-state index in [0.29, 0.717) is 0 Å². The second-order valence-corrected chi connectivity index (χ2v) is 4.37. The van der Waals surface area contributed by atoms with Gasteiger partial charge in [-0.2, -0.15) is 0 Å². The number of furan rings is 1. The van der Waals surface area contributed by atoms with Gasteiger partial charge in [-0.05, 0) is 32.0 Å². The maximum Gasteiger partial charge on any atom is 0.287 e. The molecule has 18 heavy (non-hydrogen) atoms. The van der Waals surface area contributed by atoms with E-state index >= 15 is 0 Å². The van der Waals surface area contributed by atoms with Crippen LogP contribution in [0.2, 0.25) is 0 Å². The minimum atomic E-state index is -0.580. The highest BCUT2D eigenvalue weighted by Crippen LogP contribution is 2.01. The normalized spacial score (nSPS) is 20.4. The molecule has 1 fully saturated rings. The first-order chi connectivity index (χ1) is 8.66. The van der Waals surface area contributed by atoms with Crippen molar-refractivity contribution in [1.29, 1.82) is 0 Å². The van der Waals surface area contributed by atoms with Gasteiger partial charge in [-0.3, -0.25) is 9.59 Å². The molecule has 2 rings (SSSR count). The molecule has 1 aliphatic rings. The third-order valence-electron chi connectivity index (χ3n) is 2.89. The number of carbonyl (C=O) groups excluding carboxylic acids is 2. The third kappa shape index (κ3) is 3.10.